The number of hydrogen-bond donors (Lipinski definition) is 3. The van der Waals surface area contributed by atoms with Crippen molar-refractivity contribution in [3.8, 4) is 6.07 Å². The van der Waals surface area contributed by atoms with E-state index in [-0.39, 0.29) is 17.6 Å². The first-order chi connectivity index (χ1) is 8.69. The predicted molar refractivity (Wildman–Crippen MR) is 69.2 cm³/mol. The van der Waals surface area contributed by atoms with E-state index in [0.29, 0.717) is 15.7 Å². The van der Waals surface area contributed by atoms with Gasteiger partial charge in [0.15, 0.2) is 0 Å². The highest BCUT2D eigenvalue weighted by molar-refractivity contribution is 7.99. The van der Waals surface area contributed by atoms with E-state index in [4.69, 9.17) is 11.0 Å². The Labute approximate surface area is 110 Å². The molecule has 0 radical (unpaired) electrons. The lowest BCUT2D eigenvalue weighted by atomic mass is 10.3. The standard InChI is InChI=1S/C9H8N6OS2/c10-3-5-1-2-17-7(5)12-6(16)4-18-9-13-8(11)14-15-9/h1-2H,4H2,(H,12,16)(H3,11,13,14,15). The summed E-state index contributed by atoms with van der Waals surface area (Å²) in [5, 5.41) is 20.4. The maximum absolute atomic E-state index is 11.6. The predicted octanol–water partition coefficient (Wildman–Crippen LogP) is 1.05. The lowest BCUT2D eigenvalue weighted by Crippen LogP contribution is -2.13. The number of anilines is 2. The molecule has 0 bridgehead atoms. The summed E-state index contributed by atoms with van der Waals surface area (Å²) in [6, 6.07) is 3.66. The Bertz CT molecular complexity index is 598. The zero-order valence-electron chi connectivity index (χ0n) is 9.01. The fourth-order valence-corrected chi connectivity index (χ4v) is 2.47. The van der Waals surface area contributed by atoms with Crippen molar-refractivity contribution < 1.29 is 4.79 Å². The molecule has 18 heavy (non-hydrogen) atoms. The molecule has 4 N–H and O–H groups in total. The minimum Gasteiger partial charge on any atom is -0.368 e. The molecule has 2 aromatic heterocycles. The first-order valence-corrected chi connectivity index (χ1v) is 6.63. The third kappa shape index (κ3) is 2.99. The van der Waals surface area contributed by atoms with Gasteiger partial charge >= 0.3 is 0 Å². The Hall–Kier alpha value is -2.05. The third-order valence-corrected chi connectivity index (χ3v) is 3.53. The van der Waals surface area contributed by atoms with Gasteiger partial charge in [-0.3, -0.25) is 4.79 Å². The number of nitrogens with one attached hydrogen (secondary N) is 2. The minimum atomic E-state index is -0.220. The number of nitriles is 1. The molecule has 92 valence electrons. The van der Waals surface area contributed by atoms with Gasteiger partial charge in [0.1, 0.15) is 11.1 Å². The summed E-state index contributed by atoms with van der Waals surface area (Å²) in [5.74, 6) is 0.144. The van der Waals surface area contributed by atoms with Gasteiger partial charge in [0, 0.05) is 0 Å². The number of aromatic amines is 1. The lowest BCUT2D eigenvalue weighted by Gasteiger charge is -2.01. The van der Waals surface area contributed by atoms with E-state index in [1.807, 2.05) is 6.07 Å². The Morgan fingerprint density at radius 3 is 3.22 bits per heavy atom. The highest BCUT2D eigenvalue weighted by atomic mass is 32.2. The topological polar surface area (TPSA) is 120 Å². The molecule has 0 atom stereocenters. The number of amides is 1. The number of H-pyrrole nitrogens is 1. The van der Waals surface area contributed by atoms with Crippen LogP contribution in [0.5, 0.6) is 0 Å². The maximum atomic E-state index is 11.6. The van der Waals surface area contributed by atoms with Crippen LogP contribution in [-0.2, 0) is 4.79 Å². The fourth-order valence-electron chi connectivity index (χ4n) is 1.11. The molecule has 0 saturated heterocycles. The van der Waals surface area contributed by atoms with Crippen LogP contribution in [0, 0.1) is 11.3 Å². The highest BCUT2D eigenvalue weighted by Crippen LogP contribution is 2.22. The molecule has 0 saturated carbocycles. The fraction of sp³-hybridized carbons (Fsp3) is 0.111. The van der Waals surface area contributed by atoms with E-state index in [9.17, 15) is 4.79 Å². The first kappa shape index (κ1) is 12.4. The average molecular weight is 280 g/mol. The quantitative estimate of drug-likeness (QED) is 0.720. The molecular weight excluding hydrogens is 272 g/mol. The maximum Gasteiger partial charge on any atom is 0.235 e. The van der Waals surface area contributed by atoms with Gasteiger partial charge in [-0.15, -0.1) is 16.4 Å². The second-order valence-corrected chi connectivity index (χ2v) is 4.97. The van der Waals surface area contributed by atoms with E-state index >= 15 is 0 Å². The molecule has 0 aliphatic heterocycles. The zero-order chi connectivity index (χ0) is 13.0. The molecule has 0 aliphatic carbocycles. The van der Waals surface area contributed by atoms with Crippen LogP contribution < -0.4 is 11.1 Å². The summed E-state index contributed by atoms with van der Waals surface area (Å²) >= 11 is 2.47. The molecular formula is C9H8N6OS2. The minimum absolute atomic E-state index is 0.153. The number of thioether (sulfide) groups is 1. The van der Waals surface area contributed by atoms with E-state index in [0.717, 1.165) is 11.8 Å². The second-order valence-electron chi connectivity index (χ2n) is 3.12. The summed E-state index contributed by atoms with van der Waals surface area (Å²) in [7, 11) is 0. The van der Waals surface area contributed by atoms with Crippen LogP contribution in [0.4, 0.5) is 10.9 Å². The Kier molecular flexibility index (Phi) is 3.81. The highest BCUT2D eigenvalue weighted by Gasteiger charge is 2.10. The van der Waals surface area contributed by atoms with Crippen LogP contribution in [0.3, 0.4) is 0 Å². The molecule has 2 aromatic rings. The van der Waals surface area contributed by atoms with Crippen molar-refractivity contribution in [3.63, 3.8) is 0 Å². The van der Waals surface area contributed by atoms with Crippen molar-refractivity contribution in [2.75, 3.05) is 16.8 Å². The summed E-state index contributed by atoms with van der Waals surface area (Å²) in [4.78, 5) is 15.5. The molecule has 7 nitrogen and oxygen atoms in total. The first-order valence-electron chi connectivity index (χ1n) is 4.77. The number of nitrogens with zero attached hydrogens (tertiary/aromatic N) is 3. The molecule has 9 heteroatoms. The molecule has 0 aliphatic rings. The number of thiophene rings is 1. The molecule has 0 spiro atoms. The number of aromatic nitrogens is 3. The van der Waals surface area contributed by atoms with E-state index in [1.54, 1.807) is 11.4 Å². The Balaban J connectivity index is 1.88. The van der Waals surface area contributed by atoms with Gasteiger partial charge in [-0.25, -0.2) is 5.10 Å². The molecule has 2 heterocycles. The lowest BCUT2D eigenvalue weighted by molar-refractivity contribution is -0.113. The molecule has 1 amide bonds. The summed E-state index contributed by atoms with van der Waals surface area (Å²) in [6.45, 7) is 0. The summed E-state index contributed by atoms with van der Waals surface area (Å²) < 4.78 is 0. The van der Waals surface area contributed by atoms with Crippen LogP contribution in [0.15, 0.2) is 16.6 Å². The molecule has 0 fully saturated rings. The average Bonchev–Trinajstić information content (AvgIpc) is 2.95. The molecule has 0 unspecified atom stereocenters. The normalized spacial score (nSPS) is 9.94. The van der Waals surface area contributed by atoms with Gasteiger partial charge in [0.05, 0.1) is 11.3 Å². The van der Waals surface area contributed by atoms with Gasteiger partial charge in [0.2, 0.25) is 17.0 Å². The Morgan fingerprint density at radius 1 is 1.72 bits per heavy atom. The zero-order valence-corrected chi connectivity index (χ0v) is 10.6. The number of carbonyl (C=O) groups is 1. The van der Waals surface area contributed by atoms with E-state index in [1.165, 1.54) is 11.3 Å². The largest absolute Gasteiger partial charge is 0.368 e. The number of rotatable bonds is 4. The van der Waals surface area contributed by atoms with Crippen LogP contribution in [0.25, 0.3) is 0 Å². The van der Waals surface area contributed by atoms with Gasteiger partial charge < -0.3 is 11.1 Å². The summed E-state index contributed by atoms with van der Waals surface area (Å²) in [5.41, 5.74) is 5.81. The van der Waals surface area contributed by atoms with Gasteiger partial charge in [-0.2, -0.15) is 10.2 Å². The monoisotopic (exact) mass is 280 g/mol. The van der Waals surface area contributed by atoms with Crippen molar-refractivity contribution in [2.24, 2.45) is 0 Å². The smallest absolute Gasteiger partial charge is 0.235 e. The molecule has 0 aromatic carbocycles. The van der Waals surface area contributed by atoms with Crippen molar-refractivity contribution in [2.45, 2.75) is 5.16 Å². The van der Waals surface area contributed by atoms with Gasteiger partial charge in [0.25, 0.3) is 0 Å². The van der Waals surface area contributed by atoms with Crippen molar-refractivity contribution in [1.82, 2.24) is 15.2 Å². The van der Waals surface area contributed by atoms with Crippen LogP contribution >= 0.6 is 23.1 Å². The number of nitrogen functional groups attached to an aromatic ring is 1. The van der Waals surface area contributed by atoms with Crippen molar-refractivity contribution in [3.05, 3.63) is 17.0 Å². The molecule has 2 rings (SSSR count). The SMILES string of the molecule is N#Cc1ccsc1NC(=O)CSc1n[nH]c(N)n1. The van der Waals surface area contributed by atoms with Gasteiger partial charge in [-0.05, 0) is 11.4 Å². The third-order valence-electron chi connectivity index (χ3n) is 1.85. The van der Waals surface area contributed by atoms with Crippen LogP contribution in [0.2, 0.25) is 0 Å². The van der Waals surface area contributed by atoms with Crippen LogP contribution in [-0.4, -0.2) is 26.8 Å². The van der Waals surface area contributed by atoms with Crippen molar-refractivity contribution in [1.29, 1.82) is 5.26 Å². The van der Waals surface area contributed by atoms with E-state index in [2.05, 4.69) is 20.5 Å². The Morgan fingerprint density at radius 2 is 2.56 bits per heavy atom. The second kappa shape index (κ2) is 5.52. The number of hydrogen-bond acceptors (Lipinski definition) is 7. The van der Waals surface area contributed by atoms with Crippen LogP contribution in [0.1, 0.15) is 5.56 Å². The number of nitrogens with two attached hydrogens (primary N) is 1. The van der Waals surface area contributed by atoms with Crippen molar-refractivity contribution >= 4 is 40.0 Å². The van der Waals surface area contributed by atoms with E-state index < -0.39 is 0 Å². The summed E-state index contributed by atoms with van der Waals surface area (Å²) in [6.07, 6.45) is 0. The van der Waals surface area contributed by atoms with Gasteiger partial charge in [-0.1, -0.05) is 11.8 Å². The number of carbonyl (C=O) groups excluding carboxylic acids is 1.